The lowest BCUT2D eigenvalue weighted by molar-refractivity contribution is 0.0987. The van der Waals surface area contributed by atoms with Crippen LogP contribution in [0, 0.1) is 0 Å². The second-order valence-electron chi connectivity index (χ2n) is 6.15. The molecule has 0 atom stereocenters. The minimum absolute atomic E-state index is 0.0322. The van der Waals surface area contributed by atoms with Gasteiger partial charge in [-0.1, -0.05) is 12.1 Å². The summed E-state index contributed by atoms with van der Waals surface area (Å²) in [5.41, 5.74) is 3.34. The Morgan fingerprint density at radius 1 is 1.04 bits per heavy atom. The van der Waals surface area contributed by atoms with Crippen LogP contribution in [0.3, 0.4) is 0 Å². The fraction of sp³-hybridized carbons (Fsp3) is 0.158. The first kappa shape index (κ1) is 15.3. The number of aryl methyl sites for hydroxylation is 2. The van der Waals surface area contributed by atoms with E-state index in [1.54, 1.807) is 23.4 Å². The molecule has 0 N–H and O–H groups in total. The quantitative estimate of drug-likeness (QED) is 0.539. The van der Waals surface area contributed by atoms with Crippen LogP contribution in [-0.2, 0) is 20.5 Å². The molecule has 0 aliphatic heterocycles. The number of nitrogens with zero attached hydrogens (tertiary/aromatic N) is 5. The van der Waals surface area contributed by atoms with Gasteiger partial charge in [-0.2, -0.15) is 0 Å². The van der Waals surface area contributed by atoms with Gasteiger partial charge in [-0.15, -0.1) is 0 Å². The van der Waals surface area contributed by atoms with E-state index >= 15 is 0 Å². The zero-order chi connectivity index (χ0) is 17.4. The van der Waals surface area contributed by atoms with E-state index in [2.05, 4.69) is 27.1 Å². The SMILES string of the molecule is Cn1cnc(C(=O)Cc2cc3cc(-c4cncn4C)ccc3cn2)c1. The van der Waals surface area contributed by atoms with Crippen molar-refractivity contribution < 1.29 is 4.79 Å². The maximum absolute atomic E-state index is 12.3. The molecule has 124 valence electrons. The summed E-state index contributed by atoms with van der Waals surface area (Å²) in [6.45, 7) is 0. The predicted molar refractivity (Wildman–Crippen MR) is 95.2 cm³/mol. The third kappa shape index (κ3) is 2.94. The van der Waals surface area contributed by atoms with Gasteiger partial charge in [0, 0.05) is 43.1 Å². The van der Waals surface area contributed by atoms with Gasteiger partial charge in [0.15, 0.2) is 5.78 Å². The topological polar surface area (TPSA) is 65.6 Å². The van der Waals surface area contributed by atoms with Crippen LogP contribution in [-0.4, -0.2) is 29.9 Å². The van der Waals surface area contributed by atoms with Crippen LogP contribution in [0.25, 0.3) is 22.0 Å². The number of Topliss-reactive ketones (excluding diaryl/α,β-unsaturated/α-hetero) is 1. The molecule has 0 radical (unpaired) electrons. The van der Waals surface area contributed by atoms with Crippen molar-refractivity contribution in [2.45, 2.75) is 6.42 Å². The minimum atomic E-state index is -0.0322. The molecule has 0 saturated heterocycles. The summed E-state index contributed by atoms with van der Waals surface area (Å²) in [5.74, 6) is -0.0322. The summed E-state index contributed by atoms with van der Waals surface area (Å²) in [4.78, 5) is 25.0. The van der Waals surface area contributed by atoms with E-state index < -0.39 is 0 Å². The molecule has 4 aromatic rings. The van der Waals surface area contributed by atoms with Crippen LogP contribution >= 0.6 is 0 Å². The van der Waals surface area contributed by atoms with E-state index in [4.69, 9.17) is 0 Å². The molecule has 4 rings (SSSR count). The first-order valence-corrected chi connectivity index (χ1v) is 7.97. The number of carbonyl (C=O) groups excluding carboxylic acids is 1. The van der Waals surface area contributed by atoms with Gasteiger partial charge in [0.05, 0.1) is 31.0 Å². The lowest BCUT2D eigenvalue weighted by Crippen LogP contribution is -2.05. The van der Waals surface area contributed by atoms with E-state index in [9.17, 15) is 4.79 Å². The molecule has 0 saturated carbocycles. The van der Waals surface area contributed by atoms with Crippen molar-refractivity contribution in [1.82, 2.24) is 24.1 Å². The van der Waals surface area contributed by atoms with E-state index in [1.165, 1.54) is 0 Å². The van der Waals surface area contributed by atoms with Crippen LogP contribution in [0.4, 0.5) is 0 Å². The third-order valence-electron chi connectivity index (χ3n) is 4.22. The molecule has 0 aliphatic rings. The molecular formula is C19H17N5O. The zero-order valence-corrected chi connectivity index (χ0v) is 14.0. The van der Waals surface area contributed by atoms with Crippen LogP contribution in [0.5, 0.6) is 0 Å². The Kier molecular flexibility index (Phi) is 3.65. The monoisotopic (exact) mass is 331 g/mol. The van der Waals surface area contributed by atoms with E-state index in [0.717, 1.165) is 27.7 Å². The van der Waals surface area contributed by atoms with Crippen LogP contribution in [0.1, 0.15) is 16.2 Å². The molecule has 0 bridgehead atoms. The highest BCUT2D eigenvalue weighted by atomic mass is 16.1. The fourth-order valence-electron chi connectivity index (χ4n) is 2.89. The van der Waals surface area contributed by atoms with Gasteiger partial charge in [0.2, 0.25) is 0 Å². The molecule has 1 aromatic carbocycles. The first-order valence-electron chi connectivity index (χ1n) is 7.97. The molecule has 6 heteroatoms. The number of hydrogen-bond acceptors (Lipinski definition) is 4. The van der Waals surface area contributed by atoms with E-state index in [-0.39, 0.29) is 12.2 Å². The number of fused-ring (bicyclic) bond motifs is 1. The summed E-state index contributed by atoms with van der Waals surface area (Å²) >= 11 is 0. The van der Waals surface area contributed by atoms with Crippen molar-refractivity contribution in [3.63, 3.8) is 0 Å². The molecule has 0 spiro atoms. The van der Waals surface area contributed by atoms with Crippen molar-refractivity contribution in [2.24, 2.45) is 14.1 Å². The van der Waals surface area contributed by atoms with E-state index in [1.807, 2.05) is 43.2 Å². The van der Waals surface area contributed by atoms with Crippen molar-refractivity contribution in [1.29, 1.82) is 0 Å². The Bertz CT molecular complexity index is 1080. The number of imidazole rings is 2. The summed E-state index contributed by atoms with van der Waals surface area (Å²) in [6, 6.07) is 8.16. The highest BCUT2D eigenvalue weighted by Gasteiger charge is 2.11. The average Bonchev–Trinajstić information content (AvgIpc) is 3.22. The Morgan fingerprint density at radius 2 is 1.92 bits per heavy atom. The smallest absolute Gasteiger partial charge is 0.188 e. The van der Waals surface area contributed by atoms with Crippen LogP contribution in [0.2, 0.25) is 0 Å². The Hall–Kier alpha value is -3.28. The Balaban J connectivity index is 1.67. The van der Waals surface area contributed by atoms with Crippen LogP contribution in [0.15, 0.2) is 55.5 Å². The standard InChI is InChI=1S/C19H17N5O/c1-23-10-17(22-12-23)19(25)7-16-6-15-5-13(3-4-14(15)8-21-16)18-9-20-11-24(18)2/h3-6,8-12H,7H2,1-2H3. The summed E-state index contributed by atoms with van der Waals surface area (Å²) < 4.78 is 3.75. The number of aromatic nitrogens is 5. The van der Waals surface area contributed by atoms with Crippen molar-refractivity contribution in [2.75, 3.05) is 0 Å². The number of hydrogen-bond donors (Lipinski definition) is 0. The normalized spacial score (nSPS) is 11.1. The number of pyridine rings is 1. The van der Waals surface area contributed by atoms with Crippen molar-refractivity contribution in [3.8, 4) is 11.3 Å². The molecule has 0 fully saturated rings. The van der Waals surface area contributed by atoms with Crippen molar-refractivity contribution >= 4 is 16.6 Å². The van der Waals surface area contributed by atoms with Gasteiger partial charge in [-0.05, 0) is 17.5 Å². The average molecular weight is 331 g/mol. The van der Waals surface area contributed by atoms with Crippen LogP contribution < -0.4 is 0 Å². The molecule has 0 unspecified atom stereocenters. The zero-order valence-electron chi connectivity index (χ0n) is 14.0. The number of benzene rings is 1. The fourth-order valence-corrected chi connectivity index (χ4v) is 2.89. The second kappa shape index (κ2) is 5.98. The largest absolute Gasteiger partial charge is 0.340 e. The van der Waals surface area contributed by atoms with Crippen molar-refractivity contribution in [3.05, 3.63) is 66.9 Å². The Morgan fingerprint density at radius 3 is 2.64 bits per heavy atom. The molecular weight excluding hydrogens is 314 g/mol. The van der Waals surface area contributed by atoms with Gasteiger partial charge in [-0.25, -0.2) is 9.97 Å². The summed E-state index contributed by atoms with van der Waals surface area (Å²) in [7, 11) is 3.81. The third-order valence-corrected chi connectivity index (χ3v) is 4.22. The highest BCUT2D eigenvalue weighted by molar-refractivity contribution is 5.96. The molecule has 3 heterocycles. The number of ketones is 1. The minimum Gasteiger partial charge on any atom is -0.340 e. The molecule has 0 amide bonds. The van der Waals surface area contributed by atoms with Gasteiger partial charge in [0.1, 0.15) is 5.69 Å². The predicted octanol–water partition coefficient (Wildman–Crippen LogP) is 2.79. The number of carbonyl (C=O) groups is 1. The van der Waals surface area contributed by atoms with Gasteiger partial charge in [0.25, 0.3) is 0 Å². The van der Waals surface area contributed by atoms with Gasteiger partial charge >= 0.3 is 0 Å². The van der Waals surface area contributed by atoms with E-state index in [0.29, 0.717) is 5.69 Å². The second-order valence-corrected chi connectivity index (χ2v) is 6.15. The first-order chi connectivity index (χ1) is 12.1. The lowest BCUT2D eigenvalue weighted by Gasteiger charge is -2.06. The molecule has 6 nitrogen and oxygen atoms in total. The molecule has 3 aromatic heterocycles. The summed E-state index contributed by atoms with van der Waals surface area (Å²) in [6.07, 6.45) is 9.02. The maximum atomic E-state index is 12.3. The lowest BCUT2D eigenvalue weighted by atomic mass is 10.0. The van der Waals surface area contributed by atoms with Gasteiger partial charge in [-0.3, -0.25) is 9.78 Å². The highest BCUT2D eigenvalue weighted by Crippen LogP contribution is 2.24. The van der Waals surface area contributed by atoms with Gasteiger partial charge < -0.3 is 9.13 Å². The summed E-state index contributed by atoms with van der Waals surface area (Å²) in [5, 5.41) is 2.09. The molecule has 25 heavy (non-hydrogen) atoms. The Labute approximate surface area is 144 Å². The maximum Gasteiger partial charge on any atom is 0.188 e. The number of rotatable bonds is 4. The molecule has 0 aliphatic carbocycles.